The monoisotopic (exact) mass is 230 g/mol. The van der Waals surface area contributed by atoms with Crippen LogP contribution in [-0.4, -0.2) is 12.8 Å². The number of hydrogen-bond acceptors (Lipinski definition) is 1. The van der Waals surface area contributed by atoms with Gasteiger partial charge in [0.05, 0.1) is 12.7 Å². The number of hydrogen-bond donors (Lipinski definition) is 0. The molecule has 0 N–H and O–H groups in total. The molecule has 1 aliphatic heterocycles. The number of ether oxygens (including phenoxy) is 1. The fourth-order valence-corrected chi connectivity index (χ4v) is 2.40. The van der Waals surface area contributed by atoms with Gasteiger partial charge in [0.2, 0.25) is 0 Å². The van der Waals surface area contributed by atoms with Gasteiger partial charge in [-0.15, -0.1) is 0 Å². The lowest BCUT2D eigenvalue weighted by Crippen LogP contribution is -2.20. The van der Waals surface area contributed by atoms with Gasteiger partial charge in [-0.25, -0.2) is 4.39 Å². The van der Waals surface area contributed by atoms with Gasteiger partial charge in [-0.2, -0.15) is 0 Å². The second-order valence-corrected chi connectivity index (χ2v) is 4.59. The molecule has 0 saturated carbocycles. The van der Waals surface area contributed by atoms with E-state index in [0.717, 1.165) is 5.56 Å². The van der Waals surface area contributed by atoms with Gasteiger partial charge in [0.25, 0.3) is 0 Å². The van der Waals surface area contributed by atoms with Crippen LogP contribution in [0.2, 0.25) is 0 Å². The standard InChI is InChI=1S/C15H15FO/c16-14-7-8-17-15(10-14)13-6-5-11-3-1-2-4-12(11)9-13/h1-6,9,14-15H,7-8,10H2/t14-,15-/m0/s1. The Morgan fingerprint density at radius 1 is 1.06 bits per heavy atom. The number of fused-ring (bicyclic) bond motifs is 1. The zero-order valence-corrected chi connectivity index (χ0v) is 9.60. The van der Waals surface area contributed by atoms with Crippen molar-refractivity contribution in [1.29, 1.82) is 0 Å². The largest absolute Gasteiger partial charge is 0.373 e. The highest BCUT2D eigenvalue weighted by Gasteiger charge is 2.23. The Balaban J connectivity index is 1.94. The van der Waals surface area contributed by atoms with Crippen LogP contribution in [-0.2, 0) is 4.74 Å². The molecule has 0 radical (unpaired) electrons. The highest BCUT2D eigenvalue weighted by atomic mass is 19.1. The van der Waals surface area contributed by atoms with Gasteiger partial charge in [0.15, 0.2) is 0 Å². The molecular formula is C15H15FO. The van der Waals surface area contributed by atoms with Gasteiger partial charge in [0.1, 0.15) is 6.17 Å². The minimum Gasteiger partial charge on any atom is -0.373 e. The zero-order valence-electron chi connectivity index (χ0n) is 9.60. The number of halogens is 1. The van der Waals surface area contributed by atoms with Crippen molar-refractivity contribution < 1.29 is 9.13 Å². The van der Waals surface area contributed by atoms with Crippen LogP contribution in [0, 0.1) is 0 Å². The topological polar surface area (TPSA) is 9.23 Å². The molecule has 1 heterocycles. The van der Waals surface area contributed by atoms with Crippen molar-refractivity contribution >= 4 is 10.8 Å². The number of benzene rings is 2. The highest BCUT2D eigenvalue weighted by Crippen LogP contribution is 2.31. The van der Waals surface area contributed by atoms with Crippen LogP contribution >= 0.6 is 0 Å². The van der Waals surface area contributed by atoms with E-state index in [9.17, 15) is 4.39 Å². The molecule has 88 valence electrons. The van der Waals surface area contributed by atoms with Crippen LogP contribution in [0.25, 0.3) is 10.8 Å². The molecule has 1 aliphatic rings. The first kappa shape index (κ1) is 10.7. The smallest absolute Gasteiger partial charge is 0.105 e. The predicted octanol–water partition coefficient (Wildman–Crippen LogP) is 4.03. The van der Waals surface area contributed by atoms with Gasteiger partial charge in [0, 0.05) is 12.8 Å². The molecule has 0 unspecified atom stereocenters. The molecule has 1 fully saturated rings. The van der Waals surface area contributed by atoms with Crippen molar-refractivity contribution in [2.45, 2.75) is 25.1 Å². The lowest BCUT2D eigenvalue weighted by molar-refractivity contribution is -0.0192. The lowest BCUT2D eigenvalue weighted by atomic mass is 9.98. The molecule has 3 rings (SSSR count). The van der Waals surface area contributed by atoms with Crippen molar-refractivity contribution in [2.75, 3.05) is 6.61 Å². The van der Waals surface area contributed by atoms with Gasteiger partial charge in [-0.05, 0) is 22.4 Å². The van der Waals surface area contributed by atoms with E-state index in [-0.39, 0.29) is 6.10 Å². The Bertz CT molecular complexity index is 523. The average molecular weight is 230 g/mol. The summed E-state index contributed by atoms with van der Waals surface area (Å²) in [7, 11) is 0. The van der Waals surface area contributed by atoms with Crippen LogP contribution in [0.1, 0.15) is 24.5 Å². The summed E-state index contributed by atoms with van der Waals surface area (Å²) < 4.78 is 19.0. The third kappa shape index (κ3) is 2.18. The van der Waals surface area contributed by atoms with Crippen molar-refractivity contribution in [3.63, 3.8) is 0 Å². The maximum Gasteiger partial charge on any atom is 0.105 e. The maximum absolute atomic E-state index is 13.4. The van der Waals surface area contributed by atoms with Crippen molar-refractivity contribution in [3.8, 4) is 0 Å². The number of alkyl halides is 1. The molecule has 1 nitrogen and oxygen atoms in total. The molecule has 2 atom stereocenters. The summed E-state index contributed by atoms with van der Waals surface area (Å²) in [5.74, 6) is 0. The van der Waals surface area contributed by atoms with E-state index in [0.29, 0.717) is 19.4 Å². The van der Waals surface area contributed by atoms with Crippen LogP contribution in [0.3, 0.4) is 0 Å². The summed E-state index contributed by atoms with van der Waals surface area (Å²) in [5, 5.41) is 2.40. The molecule has 17 heavy (non-hydrogen) atoms. The molecule has 0 aliphatic carbocycles. The predicted molar refractivity (Wildman–Crippen MR) is 66.8 cm³/mol. The van der Waals surface area contributed by atoms with Gasteiger partial charge >= 0.3 is 0 Å². The summed E-state index contributed by atoms with van der Waals surface area (Å²) in [5.41, 5.74) is 1.09. The maximum atomic E-state index is 13.4. The van der Waals surface area contributed by atoms with E-state index < -0.39 is 6.17 Å². The first-order valence-corrected chi connectivity index (χ1v) is 6.07. The Morgan fingerprint density at radius 3 is 2.71 bits per heavy atom. The van der Waals surface area contributed by atoms with Crippen molar-refractivity contribution in [1.82, 2.24) is 0 Å². The fourth-order valence-electron chi connectivity index (χ4n) is 2.40. The van der Waals surface area contributed by atoms with Gasteiger partial charge in [-0.3, -0.25) is 0 Å². The summed E-state index contributed by atoms with van der Waals surface area (Å²) in [6.45, 7) is 0.526. The second-order valence-electron chi connectivity index (χ2n) is 4.59. The van der Waals surface area contributed by atoms with E-state index in [1.807, 2.05) is 18.2 Å². The average Bonchev–Trinajstić information content (AvgIpc) is 2.38. The van der Waals surface area contributed by atoms with Crippen LogP contribution in [0.5, 0.6) is 0 Å². The Labute approximate surface area is 100 Å². The first-order chi connectivity index (χ1) is 8.33. The first-order valence-electron chi connectivity index (χ1n) is 6.07. The Kier molecular flexibility index (Phi) is 2.81. The summed E-state index contributed by atoms with van der Waals surface area (Å²) in [6.07, 6.45) is 0.214. The summed E-state index contributed by atoms with van der Waals surface area (Å²) >= 11 is 0. The third-order valence-electron chi connectivity index (χ3n) is 3.37. The normalized spacial score (nSPS) is 25.0. The lowest BCUT2D eigenvalue weighted by Gasteiger charge is -2.25. The molecule has 2 aromatic carbocycles. The molecular weight excluding hydrogens is 215 g/mol. The third-order valence-corrected chi connectivity index (χ3v) is 3.37. The summed E-state index contributed by atoms with van der Waals surface area (Å²) in [6, 6.07) is 14.4. The van der Waals surface area contributed by atoms with E-state index in [4.69, 9.17) is 4.74 Å². The van der Waals surface area contributed by atoms with Crippen molar-refractivity contribution in [2.24, 2.45) is 0 Å². The van der Waals surface area contributed by atoms with E-state index in [1.54, 1.807) is 0 Å². The van der Waals surface area contributed by atoms with Gasteiger partial charge in [-0.1, -0.05) is 36.4 Å². The van der Waals surface area contributed by atoms with E-state index in [1.165, 1.54) is 10.8 Å². The van der Waals surface area contributed by atoms with E-state index >= 15 is 0 Å². The fraction of sp³-hybridized carbons (Fsp3) is 0.333. The molecule has 0 aromatic heterocycles. The zero-order chi connectivity index (χ0) is 11.7. The summed E-state index contributed by atoms with van der Waals surface area (Å²) in [4.78, 5) is 0. The Hall–Kier alpha value is -1.41. The minimum absolute atomic E-state index is 0.0802. The highest BCUT2D eigenvalue weighted by molar-refractivity contribution is 5.83. The molecule has 0 bridgehead atoms. The number of rotatable bonds is 1. The molecule has 2 aromatic rings. The van der Waals surface area contributed by atoms with Crippen LogP contribution in [0.4, 0.5) is 4.39 Å². The molecule has 2 heteroatoms. The SMILES string of the molecule is F[C@H]1CCO[C@H](c2ccc3ccccc3c2)C1. The Morgan fingerprint density at radius 2 is 1.88 bits per heavy atom. The second kappa shape index (κ2) is 4.46. The van der Waals surface area contributed by atoms with Crippen LogP contribution in [0.15, 0.2) is 42.5 Å². The molecule has 0 amide bonds. The molecule has 1 saturated heterocycles. The molecule has 0 spiro atoms. The van der Waals surface area contributed by atoms with Gasteiger partial charge < -0.3 is 4.74 Å². The van der Waals surface area contributed by atoms with Crippen LogP contribution < -0.4 is 0 Å². The van der Waals surface area contributed by atoms with Crippen molar-refractivity contribution in [3.05, 3.63) is 48.0 Å². The van der Waals surface area contributed by atoms with E-state index in [2.05, 4.69) is 24.3 Å². The quantitative estimate of drug-likeness (QED) is 0.718. The minimum atomic E-state index is -0.722.